The van der Waals surface area contributed by atoms with Crippen molar-refractivity contribution >= 4 is 21.6 Å². The minimum atomic E-state index is -3.47. The Morgan fingerprint density at radius 2 is 1.83 bits per heavy atom. The van der Waals surface area contributed by atoms with Gasteiger partial charge < -0.3 is 4.90 Å². The highest BCUT2D eigenvalue weighted by molar-refractivity contribution is 7.89. The number of aryl methyl sites for hydroxylation is 1. The molecule has 0 N–H and O–H groups in total. The number of rotatable bonds is 4. The van der Waals surface area contributed by atoms with Gasteiger partial charge >= 0.3 is 0 Å². The molecule has 1 saturated heterocycles. The summed E-state index contributed by atoms with van der Waals surface area (Å²) in [5, 5.41) is 11.8. The number of hydrogen-bond donors (Lipinski definition) is 0. The van der Waals surface area contributed by atoms with E-state index in [1.54, 1.807) is 32.1 Å². The van der Waals surface area contributed by atoms with Gasteiger partial charge in [0.2, 0.25) is 15.9 Å². The van der Waals surface area contributed by atoms with Crippen molar-refractivity contribution in [3.05, 3.63) is 29.6 Å². The zero-order chi connectivity index (χ0) is 21.5. The minimum Gasteiger partial charge on any atom is -0.311 e. The molecular formula is C20H28N6O3S. The van der Waals surface area contributed by atoms with Crippen LogP contribution in [0.25, 0.3) is 0 Å². The summed E-state index contributed by atoms with van der Waals surface area (Å²) < 4.78 is 28.9. The molecule has 1 aromatic carbocycles. The normalized spacial score (nSPS) is 17.9. The Morgan fingerprint density at radius 1 is 1.10 bits per heavy atom. The quantitative estimate of drug-likeness (QED) is 0.729. The van der Waals surface area contributed by atoms with Gasteiger partial charge in [-0.1, -0.05) is 20.8 Å². The molecule has 10 heteroatoms. The van der Waals surface area contributed by atoms with Crippen LogP contribution in [0.2, 0.25) is 0 Å². The van der Waals surface area contributed by atoms with Gasteiger partial charge in [0.15, 0.2) is 5.82 Å². The Morgan fingerprint density at radius 3 is 2.53 bits per heavy atom. The number of anilines is 1. The molecule has 0 atom stereocenters. The molecule has 30 heavy (non-hydrogen) atoms. The topological polar surface area (TPSA) is 101 Å². The van der Waals surface area contributed by atoms with E-state index >= 15 is 0 Å². The van der Waals surface area contributed by atoms with E-state index in [1.807, 2.05) is 20.8 Å². The van der Waals surface area contributed by atoms with Crippen LogP contribution in [0.3, 0.4) is 0 Å². The van der Waals surface area contributed by atoms with Crippen molar-refractivity contribution in [2.24, 2.45) is 0 Å². The number of benzene rings is 1. The highest BCUT2D eigenvalue weighted by atomic mass is 32.2. The SMILES string of the molecule is CC(C)(C)c1nnnn1CC(=O)N1CCCc2cc(S(=O)(=O)N3CCCC3)ccc21. The van der Waals surface area contributed by atoms with E-state index in [9.17, 15) is 13.2 Å². The highest BCUT2D eigenvalue weighted by Crippen LogP contribution is 2.31. The minimum absolute atomic E-state index is 0.0485. The third-order valence-electron chi connectivity index (χ3n) is 5.66. The van der Waals surface area contributed by atoms with Gasteiger partial charge in [0.1, 0.15) is 6.54 Å². The molecule has 162 valence electrons. The predicted octanol–water partition coefficient (Wildman–Crippen LogP) is 1.73. The lowest BCUT2D eigenvalue weighted by Gasteiger charge is -2.30. The molecule has 0 spiro atoms. The molecule has 2 aliphatic rings. The van der Waals surface area contributed by atoms with Crippen molar-refractivity contribution < 1.29 is 13.2 Å². The summed E-state index contributed by atoms with van der Waals surface area (Å²) in [7, 11) is -3.47. The van der Waals surface area contributed by atoms with Crippen molar-refractivity contribution in [1.82, 2.24) is 24.5 Å². The Hall–Kier alpha value is -2.33. The van der Waals surface area contributed by atoms with Crippen LogP contribution in [0.15, 0.2) is 23.1 Å². The molecule has 0 saturated carbocycles. The molecule has 1 amide bonds. The van der Waals surface area contributed by atoms with Crippen molar-refractivity contribution in [1.29, 1.82) is 0 Å². The lowest BCUT2D eigenvalue weighted by atomic mass is 9.96. The van der Waals surface area contributed by atoms with E-state index in [0.29, 0.717) is 30.4 Å². The molecule has 0 radical (unpaired) electrons. The van der Waals surface area contributed by atoms with Crippen LogP contribution in [0, 0.1) is 0 Å². The zero-order valence-corrected chi connectivity index (χ0v) is 18.5. The van der Waals surface area contributed by atoms with Crippen LogP contribution < -0.4 is 4.90 Å². The van der Waals surface area contributed by atoms with Gasteiger partial charge in [0.25, 0.3) is 0 Å². The lowest BCUT2D eigenvalue weighted by Crippen LogP contribution is -2.39. The third kappa shape index (κ3) is 3.85. The number of carbonyl (C=O) groups excluding carboxylic acids is 1. The first-order valence-corrected chi connectivity index (χ1v) is 11.8. The van der Waals surface area contributed by atoms with Gasteiger partial charge in [-0.15, -0.1) is 5.10 Å². The van der Waals surface area contributed by atoms with Crippen LogP contribution in [0.1, 0.15) is 51.4 Å². The van der Waals surface area contributed by atoms with E-state index in [4.69, 9.17) is 0 Å². The van der Waals surface area contributed by atoms with Gasteiger partial charge in [-0.3, -0.25) is 4.79 Å². The smallest absolute Gasteiger partial charge is 0.248 e. The van der Waals surface area contributed by atoms with Gasteiger partial charge in [-0.25, -0.2) is 13.1 Å². The molecular weight excluding hydrogens is 404 g/mol. The zero-order valence-electron chi connectivity index (χ0n) is 17.7. The largest absolute Gasteiger partial charge is 0.311 e. The van der Waals surface area contributed by atoms with Crippen LogP contribution in [0.5, 0.6) is 0 Å². The van der Waals surface area contributed by atoms with E-state index in [-0.39, 0.29) is 17.9 Å². The number of sulfonamides is 1. The molecule has 1 aromatic heterocycles. The second-order valence-corrected chi connectivity index (χ2v) is 10.9. The maximum atomic E-state index is 13.1. The fourth-order valence-electron chi connectivity index (χ4n) is 4.13. The standard InChI is InChI=1S/C20H28N6O3S/c1-20(2,3)19-21-22-23-26(19)14-18(27)25-12-6-7-15-13-16(8-9-17(15)25)30(28,29)24-10-4-5-11-24/h8-9,13H,4-7,10-12,14H2,1-3H3. The maximum absolute atomic E-state index is 13.1. The first kappa shape index (κ1) is 20.9. The molecule has 3 heterocycles. The van der Waals surface area contributed by atoms with Gasteiger partial charge in [-0.2, -0.15) is 4.31 Å². The predicted molar refractivity (Wildman–Crippen MR) is 112 cm³/mol. The number of tetrazole rings is 1. The summed E-state index contributed by atoms with van der Waals surface area (Å²) in [6.07, 6.45) is 3.34. The third-order valence-corrected chi connectivity index (χ3v) is 7.56. The number of carbonyl (C=O) groups is 1. The Labute approximate surface area is 177 Å². The summed E-state index contributed by atoms with van der Waals surface area (Å²) in [6, 6.07) is 5.12. The summed E-state index contributed by atoms with van der Waals surface area (Å²) in [6.45, 7) is 7.79. The lowest BCUT2D eigenvalue weighted by molar-refractivity contribution is -0.119. The first-order valence-electron chi connectivity index (χ1n) is 10.4. The van der Waals surface area contributed by atoms with E-state index in [2.05, 4.69) is 15.5 Å². The van der Waals surface area contributed by atoms with E-state index < -0.39 is 10.0 Å². The molecule has 2 aliphatic heterocycles. The number of nitrogens with zero attached hydrogens (tertiary/aromatic N) is 6. The summed E-state index contributed by atoms with van der Waals surface area (Å²) in [4.78, 5) is 15.1. The summed E-state index contributed by atoms with van der Waals surface area (Å²) in [5.41, 5.74) is 1.39. The average molecular weight is 433 g/mol. The second-order valence-electron chi connectivity index (χ2n) is 8.96. The Bertz CT molecular complexity index is 1050. The fourth-order valence-corrected chi connectivity index (χ4v) is 5.70. The van der Waals surface area contributed by atoms with Gasteiger partial charge in [-0.05, 0) is 59.9 Å². The van der Waals surface area contributed by atoms with Gasteiger partial charge in [0, 0.05) is 30.7 Å². The average Bonchev–Trinajstić information content (AvgIpc) is 3.39. The molecule has 0 bridgehead atoms. The maximum Gasteiger partial charge on any atom is 0.248 e. The molecule has 0 aliphatic carbocycles. The monoisotopic (exact) mass is 432 g/mol. The first-order chi connectivity index (χ1) is 14.2. The molecule has 9 nitrogen and oxygen atoms in total. The van der Waals surface area contributed by atoms with Crippen molar-refractivity contribution in [2.75, 3.05) is 24.5 Å². The highest BCUT2D eigenvalue weighted by Gasteiger charge is 2.30. The van der Waals surface area contributed by atoms with Crippen LogP contribution in [-0.4, -0.2) is 58.5 Å². The van der Waals surface area contributed by atoms with Crippen LogP contribution >= 0.6 is 0 Å². The molecule has 2 aromatic rings. The van der Waals surface area contributed by atoms with Gasteiger partial charge in [0.05, 0.1) is 4.90 Å². The van der Waals surface area contributed by atoms with Crippen molar-refractivity contribution in [3.63, 3.8) is 0 Å². The van der Waals surface area contributed by atoms with E-state index in [0.717, 1.165) is 36.9 Å². The molecule has 4 rings (SSSR count). The molecule has 0 unspecified atom stereocenters. The number of hydrogen-bond acceptors (Lipinski definition) is 6. The number of fused-ring (bicyclic) bond motifs is 1. The number of aromatic nitrogens is 4. The van der Waals surface area contributed by atoms with Crippen molar-refractivity contribution in [2.45, 2.75) is 63.3 Å². The summed E-state index contributed by atoms with van der Waals surface area (Å²) >= 11 is 0. The van der Waals surface area contributed by atoms with Crippen LogP contribution in [-0.2, 0) is 33.2 Å². The Kier molecular flexibility index (Phi) is 5.39. The Balaban J connectivity index is 1.59. The number of amides is 1. The van der Waals surface area contributed by atoms with Crippen molar-refractivity contribution in [3.8, 4) is 0 Å². The summed E-state index contributed by atoms with van der Waals surface area (Å²) in [5.74, 6) is 0.545. The fraction of sp³-hybridized carbons (Fsp3) is 0.600. The van der Waals surface area contributed by atoms with Crippen LogP contribution in [0.4, 0.5) is 5.69 Å². The molecule has 1 fully saturated rings. The second kappa shape index (κ2) is 7.73. The van der Waals surface area contributed by atoms with E-state index in [1.165, 1.54) is 0 Å².